The highest BCUT2D eigenvalue weighted by molar-refractivity contribution is 5.35. The normalized spacial score (nSPS) is 13.1. The molecule has 0 heterocycles. The summed E-state index contributed by atoms with van der Waals surface area (Å²) in [5.41, 5.74) is 9.87. The second-order valence-corrected chi connectivity index (χ2v) is 4.83. The van der Waals surface area contributed by atoms with Gasteiger partial charge in [-0.3, -0.25) is 0 Å². The van der Waals surface area contributed by atoms with Gasteiger partial charge in [0.1, 0.15) is 0 Å². The van der Waals surface area contributed by atoms with Gasteiger partial charge in [0.15, 0.2) is 0 Å². The summed E-state index contributed by atoms with van der Waals surface area (Å²) in [5.74, 6) is 0. The van der Waals surface area contributed by atoms with Gasteiger partial charge < -0.3 is 16.0 Å². The molecule has 0 bridgehead atoms. The first-order valence-electron chi connectivity index (χ1n) is 6.20. The molecule has 1 rings (SSSR count). The molecule has 96 valence electrons. The molecule has 3 heteroatoms. The zero-order chi connectivity index (χ0) is 12.8. The van der Waals surface area contributed by atoms with Crippen LogP contribution in [0.5, 0.6) is 0 Å². The third kappa shape index (κ3) is 4.11. The number of hydrogen-bond donors (Lipinski definition) is 2. The lowest BCUT2D eigenvalue weighted by Gasteiger charge is -2.21. The molecule has 1 unspecified atom stereocenters. The van der Waals surface area contributed by atoms with Crippen LogP contribution in [0.2, 0.25) is 0 Å². The topological polar surface area (TPSA) is 41.3 Å². The van der Waals surface area contributed by atoms with Crippen molar-refractivity contribution < 1.29 is 0 Å². The Morgan fingerprint density at radius 1 is 1.29 bits per heavy atom. The third-order valence-corrected chi connectivity index (χ3v) is 3.21. The minimum Gasteiger partial charge on any atom is -0.329 e. The average molecular weight is 235 g/mol. The largest absolute Gasteiger partial charge is 0.329 e. The van der Waals surface area contributed by atoms with Crippen molar-refractivity contribution in [2.45, 2.75) is 19.9 Å². The van der Waals surface area contributed by atoms with Gasteiger partial charge in [0, 0.05) is 25.7 Å². The maximum Gasteiger partial charge on any atom is 0.0447 e. The van der Waals surface area contributed by atoms with Crippen molar-refractivity contribution in [2.24, 2.45) is 5.73 Å². The average Bonchev–Trinajstić information content (AvgIpc) is 2.28. The fraction of sp³-hybridized carbons (Fsp3) is 0.571. The molecule has 0 aliphatic carbocycles. The summed E-state index contributed by atoms with van der Waals surface area (Å²) in [6.07, 6.45) is 0. The van der Waals surface area contributed by atoms with Gasteiger partial charge in [-0.2, -0.15) is 0 Å². The molecule has 1 aromatic rings. The molecule has 3 nitrogen and oxygen atoms in total. The van der Waals surface area contributed by atoms with Gasteiger partial charge in [0.25, 0.3) is 0 Å². The Morgan fingerprint density at radius 2 is 2.00 bits per heavy atom. The number of nitrogens with zero attached hydrogens (tertiary/aromatic N) is 1. The maximum absolute atomic E-state index is 5.86. The van der Waals surface area contributed by atoms with Crippen LogP contribution in [0, 0.1) is 13.8 Å². The lowest BCUT2D eigenvalue weighted by atomic mass is 9.97. The van der Waals surface area contributed by atoms with Crippen LogP contribution in [-0.2, 0) is 0 Å². The number of nitrogens with two attached hydrogens (primary N) is 1. The molecule has 0 amide bonds. The standard InChI is InChI=1S/C14H25N3/c1-11-6-5-7-13(12(11)2)14(10-15)16-8-9-17(3)4/h5-7,14,16H,8-10,15H2,1-4H3. The molecule has 17 heavy (non-hydrogen) atoms. The van der Waals surface area contributed by atoms with E-state index in [9.17, 15) is 0 Å². The minimum absolute atomic E-state index is 0.259. The smallest absolute Gasteiger partial charge is 0.0447 e. The van der Waals surface area contributed by atoms with Gasteiger partial charge in [-0.15, -0.1) is 0 Å². The van der Waals surface area contributed by atoms with Crippen LogP contribution in [0.3, 0.4) is 0 Å². The van der Waals surface area contributed by atoms with E-state index < -0.39 is 0 Å². The summed E-state index contributed by atoms with van der Waals surface area (Å²) in [7, 11) is 4.16. The zero-order valence-corrected chi connectivity index (χ0v) is 11.5. The molecule has 3 N–H and O–H groups in total. The minimum atomic E-state index is 0.259. The van der Waals surface area contributed by atoms with E-state index in [4.69, 9.17) is 5.73 Å². The summed E-state index contributed by atoms with van der Waals surface area (Å²) in [4.78, 5) is 2.17. The fourth-order valence-electron chi connectivity index (χ4n) is 1.93. The van der Waals surface area contributed by atoms with Gasteiger partial charge in [0.2, 0.25) is 0 Å². The summed E-state index contributed by atoms with van der Waals surface area (Å²) in [6, 6.07) is 6.68. The molecule has 0 aromatic heterocycles. The summed E-state index contributed by atoms with van der Waals surface area (Å²) >= 11 is 0. The van der Waals surface area contributed by atoms with Crippen molar-refractivity contribution in [1.82, 2.24) is 10.2 Å². The van der Waals surface area contributed by atoms with E-state index in [0.29, 0.717) is 6.54 Å². The molecule has 0 saturated heterocycles. The second kappa shape index (κ2) is 6.74. The van der Waals surface area contributed by atoms with Crippen LogP contribution in [0.15, 0.2) is 18.2 Å². The van der Waals surface area contributed by atoms with Crippen molar-refractivity contribution in [3.63, 3.8) is 0 Å². The Bertz CT molecular complexity index is 347. The van der Waals surface area contributed by atoms with Crippen LogP contribution in [0.4, 0.5) is 0 Å². The zero-order valence-electron chi connectivity index (χ0n) is 11.5. The number of aryl methyl sites for hydroxylation is 1. The first kappa shape index (κ1) is 14.2. The number of likely N-dealkylation sites (N-methyl/N-ethyl adjacent to an activating group) is 1. The molecule has 1 atom stereocenters. The van der Waals surface area contributed by atoms with E-state index in [1.54, 1.807) is 0 Å². The third-order valence-electron chi connectivity index (χ3n) is 3.21. The van der Waals surface area contributed by atoms with E-state index in [2.05, 4.69) is 56.4 Å². The lowest BCUT2D eigenvalue weighted by molar-refractivity contribution is 0.385. The quantitative estimate of drug-likeness (QED) is 0.784. The molecule has 0 saturated carbocycles. The highest BCUT2D eigenvalue weighted by Crippen LogP contribution is 2.19. The SMILES string of the molecule is Cc1cccc(C(CN)NCCN(C)C)c1C. The Kier molecular flexibility index (Phi) is 5.62. The van der Waals surface area contributed by atoms with E-state index in [-0.39, 0.29) is 6.04 Å². The summed E-state index contributed by atoms with van der Waals surface area (Å²) in [5, 5.41) is 3.52. The predicted molar refractivity (Wildman–Crippen MR) is 74.3 cm³/mol. The molecule has 1 aromatic carbocycles. The maximum atomic E-state index is 5.86. The van der Waals surface area contributed by atoms with Crippen LogP contribution in [0.25, 0.3) is 0 Å². The Morgan fingerprint density at radius 3 is 2.59 bits per heavy atom. The van der Waals surface area contributed by atoms with Gasteiger partial charge in [0.05, 0.1) is 0 Å². The van der Waals surface area contributed by atoms with Gasteiger partial charge in [-0.25, -0.2) is 0 Å². The van der Waals surface area contributed by atoms with E-state index in [1.165, 1.54) is 16.7 Å². The molecular weight excluding hydrogens is 210 g/mol. The van der Waals surface area contributed by atoms with Crippen molar-refractivity contribution in [3.05, 3.63) is 34.9 Å². The molecule has 0 radical (unpaired) electrons. The van der Waals surface area contributed by atoms with Gasteiger partial charge in [-0.1, -0.05) is 18.2 Å². The lowest BCUT2D eigenvalue weighted by Crippen LogP contribution is -2.34. The first-order valence-corrected chi connectivity index (χ1v) is 6.20. The Hall–Kier alpha value is -0.900. The molecule has 0 spiro atoms. The van der Waals surface area contributed by atoms with E-state index in [1.807, 2.05) is 0 Å². The highest BCUT2D eigenvalue weighted by Gasteiger charge is 2.12. The molecule has 0 aliphatic rings. The number of hydrogen-bond acceptors (Lipinski definition) is 3. The van der Waals surface area contributed by atoms with Gasteiger partial charge >= 0.3 is 0 Å². The number of nitrogens with one attached hydrogen (secondary N) is 1. The Balaban J connectivity index is 2.69. The molecular formula is C14H25N3. The first-order chi connectivity index (χ1) is 8.06. The van der Waals surface area contributed by atoms with Crippen LogP contribution in [-0.4, -0.2) is 38.6 Å². The number of rotatable bonds is 6. The van der Waals surface area contributed by atoms with Crippen molar-refractivity contribution in [1.29, 1.82) is 0 Å². The van der Waals surface area contributed by atoms with E-state index >= 15 is 0 Å². The van der Waals surface area contributed by atoms with Crippen LogP contribution in [0.1, 0.15) is 22.7 Å². The molecule has 0 fully saturated rings. The second-order valence-electron chi connectivity index (χ2n) is 4.83. The van der Waals surface area contributed by atoms with Gasteiger partial charge in [-0.05, 0) is 44.6 Å². The van der Waals surface area contributed by atoms with E-state index in [0.717, 1.165) is 13.1 Å². The number of benzene rings is 1. The van der Waals surface area contributed by atoms with Crippen molar-refractivity contribution in [2.75, 3.05) is 33.7 Å². The highest BCUT2D eigenvalue weighted by atomic mass is 15.1. The van der Waals surface area contributed by atoms with Crippen LogP contribution >= 0.6 is 0 Å². The van der Waals surface area contributed by atoms with Crippen molar-refractivity contribution >= 4 is 0 Å². The van der Waals surface area contributed by atoms with Crippen LogP contribution < -0.4 is 11.1 Å². The summed E-state index contributed by atoms with van der Waals surface area (Å²) in [6.45, 7) is 6.94. The predicted octanol–water partition coefficient (Wildman–Crippen LogP) is 1.45. The molecule has 0 aliphatic heterocycles. The monoisotopic (exact) mass is 235 g/mol. The summed E-state index contributed by atoms with van der Waals surface area (Å²) < 4.78 is 0. The fourth-order valence-corrected chi connectivity index (χ4v) is 1.93. The van der Waals surface area contributed by atoms with Crippen molar-refractivity contribution in [3.8, 4) is 0 Å². The Labute approximate surface area is 105 Å².